The number of rotatable bonds is 3. The van der Waals surface area contributed by atoms with Crippen molar-refractivity contribution in [1.82, 2.24) is 15.5 Å². The molecule has 1 aromatic heterocycles. The number of thioether (sulfide) groups is 1. The van der Waals surface area contributed by atoms with Crippen LogP contribution in [0.25, 0.3) is 0 Å². The SMILES string of the molecule is CSC1CCC(NC(=O)c2cc(N)n[nH]2)CC1. The van der Waals surface area contributed by atoms with Crippen LogP contribution in [-0.4, -0.2) is 33.7 Å². The van der Waals surface area contributed by atoms with Gasteiger partial charge in [0.15, 0.2) is 0 Å². The van der Waals surface area contributed by atoms with Gasteiger partial charge in [-0.3, -0.25) is 9.89 Å². The Hall–Kier alpha value is -1.17. The van der Waals surface area contributed by atoms with Crippen molar-refractivity contribution in [3.8, 4) is 0 Å². The molecular formula is C11H18N4OS. The summed E-state index contributed by atoms with van der Waals surface area (Å²) in [5, 5.41) is 10.1. The monoisotopic (exact) mass is 254 g/mol. The molecule has 6 heteroatoms. The molecule has 1 aromatic rings. The zero-order chi connectivity index (χ0) is 12.3. The number of aromatic amines is 1. The van der Waals surface area contributed by atoms with Gasteiger partial charge in [0.25, 0.3) is 5.91 Å². The van der Waals surface area contributed by atoms with Crippen molar-refractivity contribution in [3.05, 3.63) is 11.8 Å². The second kappa shape index (κ2) is 5.44. The summed E-state index contributed by atoms with van der Waals surface area (Å²) in [4.78, 5) is 11.8. The van der Waals surface area contributed by atoms with Crippen LogP contribution in [0.15, 0.2) is 6.07 Å². The lowest BCUT2D eigenvalue weighted by atomic mass is 9.95. The van der Waals surface area contributed by atoms with Crippen molar-refractivity contribution >= 4 is 23.5 Å². The molecule has 0 unspecified atom stereocenters. The van der Waals surface area contributed by atoms with Crippen molar-refractivity contribution in [2.45, 2.75) is 37.0 Å². The Kier molecular flexibility index (Phi) is 3.93. The van der Waals surface area contributed by atoms with Gasteiger partial charge in [-0.05, 0) is 31.9 Å². The minimum absolute atomic E-state index is 0.109. The van der Waals surface area contributed by atoms with Gasteiger partial charge in [-0.25, -0.2) is 0 Å². The number of carbonyl (C=O) groups excluding carboxylic acids is 1. The normalized spacial score (nSPS) is 24.5. The minimum Gasteiger partial charge on any atom is -0.382 e. The summed E-state index contributed by atoms with van der Waals surface area (Å²) in [5.74, 6) is 0.239. The number of anilines is 1. The van der Waals surface area contributed by atoms with Gasteiger partial charge in [-0.15, -0.1) is 0 Å². The van der Waals surface area contributed by atoms with Crippen LogP contribution in [0, 0.1) is 0 Å². The number of amides is 1. The van der Waals surface area contributed by atoms with Gasteiger partial charge in [0, 0.05) is 17.4 Å². The molecule has 1 aliphatic rings. The fourth-order valence-corrected chi connectivity index (χ4v) is 2.90. The molecule has 4 N–H and O–H groups in total. The van der Waals surface area contributed by atoms with Crippen molar-refractivity contribution < 1.29 is 4.79 Å². The fourth-order valence-electron chi connectivity index (χ4n) is 2.16. The first-order valence-corrected chi connectivity index (χ1v) is 7.12. The van der Waals surface area contributed by atoms with Gasteiger partial charge >= 0.3 is 0 Å². The Morgan fingerprint density at radius 3 is 2.76 bits per heavy atom. The van der Waals surface area contributed by atoms with Crippen LogP contribution in [0.1, 0.15) is 36.2 Å². The van der Waals surface area contributed by atoms with E-state index in [0.29, 0.717) is 11.5 Å². The van der Waals surface area contributed by atoms with Crippen LogP contribution in [0.5, 0.6) is 0 Å². The third kappa shape index (κ3) is 3.15. The van der Waals surface area contributed by atoms with E-state index in [1.807, 2.05) is 11.8 Å². The molecule has 0 saturated heterocycles. The molecule has 1 amide bonds. The van der Waals surface area contributed by atoms with Gasteiger partial charge in [0.2, 0.25) is 0 Å². The highest BCUT2D eigenvalue weighted by Gasteiger charge is 2.22. The summed E-state index contributed by atoms with van der Waals surface area (Å²) >= 11 is 1.92. The predicted octanol–water partition coefficient (Wildman–Crippen LogP) is 1.40. The summed E-state index contributed by atoms with van der Waals surface area (Å²) in [6.07, 6.45) is 6.62. The fraction of sp³-hybridized carbons (Fsp3) is 0.636. The third-order valence-electron chi connectivity index (χ3n) is 3.19. The number of H-pyrrole nitrogens is 1. The number of hydrogen-bond acceptors (Lipinski definition) is 4. The first-order valence-electron chi connectivity index (χ1n) is 5.83. The van der Waals surface area contributed by atoms with Crippen LogP contribution in [0.3, 0.4) is 0 Å². The minimum atomic E-state index is -0.109. The first-order chi connectivity index (χ1) is 8.19. The molecule has 0 bridgehead atoms. The smallest absolute Gasteiger partial charge is 0.269 e. The lowest BCUT2D eigenvalue weighted by Gasteiger charge is -2.27. The van der Waals surface area contributed by atoms with Crippen molar-refractivity contribution in [3.63, 3.8) is 0 Å². The number of nitrogens with two attached hydrogens (primary N) is 1. The Bertz CT molecular complexity index is 385. The van der Waals surface area contributed by atoms with Crippen LogP contribution in [-0.2, 0) is 0 Å². The summed E-state index contributed by atoms with van der Waals surface area (Å²) in [6.45, 7) is 0. The lowest BCUT2D eigenvalue weighted by Crippen LogP contribution is -2.38. The maximum Gasteiger partial charge on any atom is 0.269 e. The molecule has 1 saturated carbocycles. The molecular weight excluding hydrogens is 236 g/mol. The van der Waals surface area contributed by atoms with E-state index in [-0.39, 0.29) is 11.9 Å². The Morgan fingerprint density at radius 2 is 2.24 bits per heavy atom. The number of nitrogens with one attached hydrogen (secondary N) is 2. The molecule has 94 valence electrons. The second-order valence-corrected chi connectivity index (χ2v) is 5.53. The second-order valence-electron chi connectivity index (χ2n) is 4.39. The summed E-state index contributed by atoms with van der Waals surface area (Å²) in [6, 6.07) is 1.85. The standard InChI is InChI=1S/C11H18N4OS/c1-17-8-4-2-7(3-5-8)13-11(16)9-6-10(12)15-14-9/h6-8H,2-5H2,1H3,(H,13,16)(H3,12,14,15). The highest BCUT2D eigenvalue weighted by Crippen LogP contribution is 2.26. The first kappa shape index (κ1) is 12.3. The van der Waals surface area contributed by atoms with Crippen LogP contribution in [0.2, 0.25) is 0 Å². The van der Waals surface area contributed by atoms with Gasteiger partial charge < -0.3 is 11.1 Å². The topological polar surface area (TPSA) is 83.8 Å². The molecule has 0 aliphatic heterocycles. The van der Waals surface area contributed by atoms with Crippen molar-refractivity contribution in [2.75, 3.05) is 12.0 Å². The van der Waals surface area contributed by atoms with Crippen LogP contribution in [0.4, 0.5) is 5.82 Å². The van der Waals surface area contributed by atoms with E-state index < -0.39 is 0 Å². The molecule has 5 nitrogen and oxygen atoms in total. The van der Waals surface area contributed by atoms with Gasteiger partial charge in [0.05, 0.1) is 0 Å². The van der Waals surface area contributed by atoms with E-state index in [2.05, 4.69) is 21.8 Å². The largest absolute Gasteiger partial charge is 0.382 e. The zero-order valence-corrected chi connectivity index (χ0v) is 10.7. The van der Waals surface area contributed by atoms with Crippen LogP contribution < -0.4 is 11.1 Å². The third-order valence-corrected chi connectivity index (χ3v) is 4.32. The number of carbonyl (C=O) groups is 1. The van der Waals surface area contributed by atoms with Gasteiger partial charge in [0.1, 0.15) is 11.5 Å². The molecule has 0 radical (unpaired) electrons. The van der Waals surface area contributed by atoms with E-state index in [1.54, 1.807) is 6.07 Å². The summed E-state index contributed by atoms with van der Waals surface area (Å²) in [7, 11) is 0. The molecule has 0 atom stereocenters. The van der Waals surface area contributed by atoms with Crippen molar-refractivity contribution in [2.24, 2.45) is 0 Å². The quantitative estimate of drug-likeness (QED) is 0.761. The van der Waals surface area contributed by atoms with E-state index in [0.717, 1.165) is 18.1 Å². The van der Waals surface area contributed by atoms with Crippen molar-refractivity contribution in [1.29, 1.82) is 0 Å². The van der Waals surface area contributed by atoms with Crippen LogP contribution >= 0.6 is 11.8 Å². The van der Waals surface area contributed by atoms with E-state index in [4.69, 9.17) is 5.73 Å². The molecule has 1 heterocycles. The Labute approximate surface area is 105 Å². The molecule has 2 rings (SSSR count). The highest BCUT2D eigenvalue weighted by molar-refractivity contribution is 7.99. The van der Waals surface area contributed by atoms with Gasteiger partial charge in [-0.2, -0.15) is 16.9 Å². The lowest BCUT2D eigenvalue weighted by molar-refractivity contribution is 0.0923. The van der Waals surface area contributed by atoms with Gasteiger partial charge in [-0.1, -0.05) is 0 Å². The summed E-state index contributed by atoms with van der Waals surface area (Å²) < 4.78 is 0. The number of nitrogen functional groups attached to an aromatic ring is 1. The molecule has 17 heavy (non-hydrogen) atoms. The van der Waals surface area contributed by atoms with E-state index in [9.17, 15) is 4.79 Å². The average Bonchev–Trinajstić information content (AvgIpc) is 2.77. The Balaban J connectivity index is 1.84. The molecule has 0 aromatic carbocycles. The van der Waals surface area contributed by atoms with E-state index in [1.165, 1.54) is 12.8 Å². The Morgan fingerprint density at radius 1 is 1.53 bits per heavy atom. The zero-order valence-electron chi connectivity index (χ0n) is 9.90. The molecule has 0 spiro atoms. The summed E-state index contributed by atoms with van der Waals surface area (Å²) in [5.41, 5.74) is 5.90. The molecule has 1 fully saturated rings. The maximum absolute atomic E-state index is 11.8. The predicted molar refractivity (Wildman–Crippen MR) is 70.0 cm³/mol. The highest BCUT2D eigenvalue weighted by atomic mass is 32.2. The maximum atomic E-state index is 11.8. The average molecular weight is 254 g/mol. The number of nitrogens with zero attached hydrogens (tertiary/aromatic N) is 1. The number of aromatic nitrogens is 2. The molecule has 1 aliphatic carbocycles. The van der Waals surface area contributed by atoms with E-state index >= 15 is 0 Å². The number of hydrogen-bond donors (Lipinski definition) is 3.